The van der Waals surface area contributed by atoms with E-state index in [9.17, 15) is 9.59 Å². The van der Waals surface area contributed by atoms with Crippen molar-refractivity contribution in [2.45, 2.75) is 38.5 Å². The fourth-order valence-corrected chi connectivity index (χ4v) is 4.23. The summed E-state index contributed by atoms with van der Waals surface area (Å²) in [4.78, 5) is 28.9. The number of hydrogen-bond donors (Lipinski definition) is 2. The van der Waals surface area contributed by atoms with Gasteiger partial charge in [-0.15, -0.1) is 11.3 Å². The summed E-state index contributed by atoms with van der Waals surface area (Å²) >= 11 is 1.31. The number of carbonyl (C=O) groups is 2. The van der Waals surface area contributed by atoms with Gasteiger partial charge < -0.3 is 14.8 Å². The van der Waals surface area contributed by atoms with E-state index in [0.717, 1.165) is 6.54 Å². The Labute approximate surface area is 167 Å². The Morgan fingerprint density at radius 3 is 2.82 bits per heavy atom. The highest BCUT2D eigenvalue weighted by Gasteiger charge is 2.18. The van der Waals surface area contributed by atoms with Crippen molar-refractivity contribution in [1.29, 1.82) is 0 Å². The monoisotopic (exact) mass is 401 g/mol. The molecule has 7 nitrogen and oxygen atoms in total. The van der Waals surface area contributed by atoms with Crippen molar-refractivity contribution in [3.05, 3.63) is 34.8 Å². The van der Waals surface area contributed by atoms with Crippen LogP contribution in [-0.4, -0.2) is 30.1 Å². The van der Waals surface area contributed by atoms with E-state index in [-0.39, 0.29) is 25.0 Å². The molecule has 2 aromatic rings. The van der Waals surface area contributed by atoms with Crippen LogP contribution in [0.3, 0.4) is 0 Å². The lowest BCUT2D eigenvalue weighted by atomic mass is 9.89. The van der Waals surface area contributed by atoms with Crippen LogP contribution in [0, 0.1) is 5.92 Å². The summed E-state index contributed by atoms with van der Waals surface area (Å²) in [6.07, 6.45) is 6.46. The summed E-state index contributed by atoms with van der Waals surface area (Å²) in [5.74, 6) is 1.49. The zero-order valence-electron chi connectivity index (χ0n) is 15.5. The van der Waals surface area contributed by atoms with Gasteiger partial charge >= 0.3 is 0 Å². The van der Waals surface area contributed by atoms with Gasteiger partial charge in [0.1, 0.15) is 0 Å². The summed E-state index contributed by atoms with van der Waals surface area (Å²) in [6, 6.07) is 5.03. The molecule has 0 unspecified atom stereocenters. The van der Waals surface area contributed by atoms with Gasteiger partial charge in [0, 0.05) is 17.5 Å². The number of ether oxygens (including phenoxy) is 2. The average Bonchev–Trinajstić information content (AvgIpc) is 3.35. The number of hydrogen-bond acceptors (Lipinski definition) is 6. The quantitative estimate of drug-likeness (QED) is 0.775. The maximum absolute atomic E-state index is 12.4. The second-order valence-electron chi connectivity index (χ2n) is 7.15. The van der Waals surface area contributed by atoms with E-state index in [1.54, 1.807) is 23.6 Å². The highest BCUT2D eigenvalue weighted by Crippen LogP contribution is 2.32. The number of nitrogens with zero attached hydrogens (tertiary/aromatic N) is 1. The van der Waals surface area contributed by atoms with Crippen LogP contribution in [-0.2, 0) is 11.2 Å². The third kappa shape index (κ3) is 4.62. The van der Waals surface area contributed by atoms with Crippen LogP contribution in [0.25, 0.3) is 0 Å². The summed E-state index contributed by atoms with van der Waals surface area (Å²) < 4.78 is 10.5. The lowest BCUT2D eigenvalue weighted by molar-refractivity contribution is -0.120. The van der Waals surface area contributed by atoms with Crippen LogP contribution in [0.4, 0.5) is 5.13 Å². The Bertz CT molecular complexity index is 861. The molecular formula is C20H23N3O4S. The molecule has 0 saturated heterocycles. The first kappa shape index (κ1) is 18.7. The van der Waals surface area contributed by atoms with Gasteiger partial charge in [-0.1, -0.05) is 19.3 Å². The standard InChI is InChI=1S/C20H23N3O4S/c24-18(21-10-13-4-2-1-3-5-13)9-15-11-28-20(22-15)23-19(25)14-6-7-16-17(8-14)27-12-26-16/h6-8,11,13H,1-5,9-10,12H2,(H,21,24)(H,22,23,25). The zero-order chi connectivity index (χ0) is 19.3. The predicted octanol–water partition coefficient (Wildman–Crippen LogP) is 3.36. The number of thiazole rings is 1. The van der Waals surface area contributed by atoms with Gasteiger partial charge in [-0.25, -0.2) is 4.98 Å². The Kier molecular flexibility index (Phi) is 5.76. The Morgan fingerprint density at radius 2 is 1.96 bits per heavy atom. The Morgan fingerprint density at radius 1 is 1.14 bits per heavy atom. The van der Waals surface area contributed by atoms with Gasteiger partial charge in [0.25, 0.3) is 5.91 Å². The molecule has 1 aliphatic heterocycles. The van der Waals surface area contributed by atoms with E-state index >= 15 is 0 Å². The molecule has 2 amide bonds. The summed E-state index contributed by atoms with van der Waals surface area (Å²) in [5.41, 5.74) is 1.12. The highest BCUT2D eigenvalue weighted by atomic mass is 32.1. The molecule has 0 bridgehead atoms. The third-order valence-corrected chi connectivity index (χ3v) is 5.87. The van der Waals surface area contributed by atoms with Gasteiger partial charge in [-0.2, -0.15) is 0 Å². The minimum Gasteiger partial charge on any atom is -0.454 e. The number of benzene rings is 1. The van der Waals surface area contributed by atoms with E-state index in [4.69, 9.17) is 9.47 Å². The molecule has 148 valence electrons. The SMILES string of the molecule is O=C(Cc1csc(NC(=O)c2ccc3c(c2)OCO3)n1)NCC1CCCCC1. The van der Waals surface area contributed by atoms with E-state index in [0.29, 0.717) is 33.8 Å². The molecule has 0 spiro atoms. The molecule has 1 aliphatic carbocycles. The van der Waals surface area contributed by atoms with E-state index in [1.807, 2.05) is 0 Å². The van der Waals surface area contributed by atoms with Gasteiger partial charge in [0.2, 0.25) is 12.7 Å². The second-order valence-corrected chi connectivity index (χ2v) is 8.01. The maximum atomic E-state index is 12.4. The molecule has 0 atom stereocenters. The molecular weight excluding hydrogens is 378 g/mol. The first-order chi connectivity index (χ1) is 13.7. The molecule has 2 heterocycles. The van der Waals surface area contributed by atoms with Crippen LogP contribution < -0.4 is 20.1 Å². The molecule has 2 N–H and O–H groups in total. The van der Waals surface area contributed by atoms with E-state index in [1.165, 1.54) is 43.4 Å². The van der Waals surface area contributed by atoms with E-state index < -0.39 is 0 Å². The smallest absolute Gasteiger partial charge is 0.257 e. The fourth-order valence-electron chi connectivity index (χ4n) is 3.53. The number of anilines is 1. The average molecular weight is 401 g/mol. The van der Waals surface area contributed by atoms with E-state index in [2.05, 4.69) is 15.6 Å². The number of rotatable bonds is 6. The second kappa shape index (κ2) is 8.60. The van der Waals surface area contributed by atoms with Crippen LogP contribution in [0.15, 0.2) is 23.6 Å². The van der Waals surface area contributed by atoms with Crippen molar-refractivity contribution in [3.8, 4) is 11.5 Å². The fraction of sp³-hybridized carbons (Fsp3) is 0.450. The minimum absolute atomic E-state index is 0.0236. The Balaban J connectivity index is 1.27. The molecule has 28 heavy (non-hydrogen) atoms. The van der Waals surface area contributed by atoms with Gasteiger partial charge in [0.05, 0.1) is 12.1 Å². The lowest BCUT2D eigenvalue weighted by Gasteiger charge is -2.21. The van der Waals surface area contributed by atoms with Crippen LogP contribution in [0.2, 0.25) is 0 Å². The predicted molar refractivity (Wildman–Crippen MR) is 106 cm³/mol. The first-order valence-corrected chi connectivity index (χ1v) is 10.5. The molecule has 1 saturated carbocycles. The molecule has 1 fully saturated rings. The zero-order valence-corrected chi connectivity index (χ0v) is 16.3. The van der Waals surface area contributed by atoms with Crippen molar-refractivity contribution in [1.82, 2.24) is 10.3 Å². The molecule has 1 aromatic heterocycles. The largest absolute Gasteiger partial charge is 0.454 e. The van der Waals surface area contributed by atoms with Crippen molar-refractivity contribution in [2.75, 3.05) is 18.7 Å². The number of fused-ring (bicyclic) bond motifs is 1. The normalized spacial score (nSPS) is 16.0. The third-order valence-electron chi connectivity index (χ3n) is 5.06. The van der Waals surface area contributed by atoms with Crippen molar-refractivity contribution >= 4 is 28.3 Å². The molecule has 2 aliphatic rings. The molecule has 1 aromatic carbocycles. The van der Waals surface area contributed by atoms with Crippen molar-refractivity contribution < 1.29 is 19.1 Å². The topological polar surface area (TPSA) is 89.6 Å². The summed E-state index contributed by atoms with van der Waals surface area (Å²) in [6.45, 7) is 0.912. The van der Waals surface area contributed by atoms with Gasteiger partial charge in [0.15, 0.2) is 16.6 Å². The number of amides is 2. The van der Waals surface area contributed by atoms with Crippen LogP contribution in [0.5, 0.6) is 11.5 Å². The number of carbonyl (C=O) groups excluding carboxylic acids is 2. The summed E-state index contributed by atoms with van der Waals surface area (Å²) in [7, 11) is 0. The van der Waals surface area contributed by atoms with Crippen molar-refractivity contribution in [2.24, 2.45) is 5.92 Å². The molecule has 4 rings (SSSR count). The highest BCUT2D eigenvalue weighted by molar-refractivity contribution is 7.14. The summed E-state index contributed by atoms with van der Waals surface area (Å²) in [5, 5.41) is 8.05. The number of nitrogens with one attached hydrogen (secondary N) is 2. The van der Waals surface area contributed by atoms with Crippen LogP contribution in [0.1, 0.15) is 48.2 Å². The lowest BCUT2D eigenvalue weighted by Crippen LogP contribution is -2.31. The minimum atomic E-state index is -0.277. The van der Waals surface area contributed by atoms with Gasteiger partial charge in [-0.3, -0.25) is 14.9 Å². The number of aromatic nitrogens is 1. The maximum Gasteiger partial charge on any atom is 0.257 e. The van der Waals surface area contributed by atoms with Crippen molar-refractivity contribution in [3.63, 3.8) is 0 Å². The van der Waals surface area contributed by atoms with Crippen LogP contribution >= 0.6 is 11.3 Å². The first-order valence-electron chi connectivity index (χ1n) is 9.59. The molecule has 8 heteroatoms. The van der Waals surface area contributed by atoms with Gasteiger partial charge in [-0.05, 0) is 37.0 Å². The Hall–Kier alpha value is -2.61. The molecule has 0 radical (unpaired) electrons.